The molecule has 1 aromatic heterocycles. The second-order valence-electron chi connectivity index (χ2n) is 6.31. The number of sulfonamides is 1. The lowest BCUT2D eigenvalue weighted by Crippen LogP contribution is -2.41. The number of carbonyl (C=O) groups is 1. The summed E-state index contributed by atoms with van der Waals surface area (Å²) in [6, 6.07) is 1.50. The molecule has 1 N–H and O–H groups in total. The number of rotatable bonds is 5. The zero-order valence-corrected chi connectivity index (χ0v) is 14.2. The van der Waals surface area contributed by atoms with Crippen LogP contribution in [0.5, 0.6) is 0 Å². The minimum atomic E-state index is -3.30. The molecule has 1 amide bonds. The highest BCUT2D eigenvalue weighted by molar-refractivity contribution is 7.88. The van der Waals surface area contributed by atoms with Crippen molar-refractivity contribution in [2.45, 2.75) is 33.2 Å². The first-order chi connectivity index (χ1) is 10.2. The van der Waals surface area contributed by atoms with Crippen LogP contribution in [0.3, 0.4) is 0 Å². The molecule has 2 heterocycles. The van der Waals surface area contributed by atoms with Gasteiger partial charge in [0, 0.05) is 25.2 Å². The highest BCUT2D eigenvalue weighted by Gasteiger charge is 2.38. The Bertz CT molecular complexity index is 638. The molecule has 1 aromatic rings. The first-order valence-corrected chi connectivity index (χ1v) is 9.22. The van der Waals surface area contributed by atoms with E-state index < -0.39 is 10.0 Å². The molecule has 1 aliphatic rings. The third-order valence-electron chi connectivity index (χ3n) is 3.94. The first-order valence-electron chi connectivity index (χ1n) is 7.33. The van der Waals surface area contributed by atoms with E-state index in [-0.39, 0.29) is 30.2 Å². The maximum atomic E-state index is 12.4. The summed E-state index contributed by atoms with van der Waals surface area (Å²) >= 11 is 0. The lowest BCUT2D eigenvalue weighted by molar-refractivity contribution is -0.130. The molecule has 1 fully saturated rings. The van der Waals surface area contributed by atoms with Crippen molar-refractivity contribution in [3.63, 3.8) is 0 Å². The summed E-state index contributed by atoms with van der Waals surface area (Å²) in [4.78, 5) is 14.1. The summed E-state index contributed by atoms with van der Waals surface area (Å²) in [5.74, 6) is 0.849. The molecular formula is C14H23N3O4S. The van der Waals surface area contributed by atoms with Gasteiger partial charge in [-0.2, -0.15) is 0 Å². The average Bonchev–Trinajstić information content (AvgIpc) is 2.94. The molecule has 0 aliphatic carbocycles. The molecule has 22 heavy (non-hydrogen) atoms. The Morgan fingerprint density at radius 1 is 1.50 bits per heavy atom. The Labute approximate surface area is 131 Å². The number of aromatic nitrogens is 1. The lowest BCUT2D eigenvalue weighted by Gasteiger charge is -2.21. The van der Waals surface area contributed by atoms with Gasteiger partial charge in [0.15, 0.2) is 0 Å². The molecule has 1 saturated heterocycles. The van der Waals surface area contributed by atoms with Crippen molar-refractivity contribution in [2.24, 2.45) is 11.8 Å². The molecule has 124 valence electrons. The molecule has 0 radical (unpaired) electrons. The summed E-state index contributed by atoms with van der Waals surface area (Å²) in [6.07, 6.45) is 1.30. The predicted octanol–water partition coefficient (Wildman–Crippen LogP) is 0.558. The number of carbonyl (C=O) groups excluding carboxylic acids is 1. The van der Waals surface area contributed by atoms with Gasteiger partial charge in [-0.3, -0.25) is 4.79 Å². The number of aryl methyl sites for hydroxylation is 1. The monoisotopic (exact) mass is 329 g/mol. The van der Waals surface area contributed by atoms with Gasteiger partial charge in [-0.25, -0.2) is 13.1 Å². The molecule has 0 unspecified atom stereocenters. The molecule has 2 atom stereocenters. The molecule has 7 nitrogen and oxygen atoms in total. The summed E-state index contributed by atoms with van der Waals surface area (Å²) in [5.41, 5.74) is 0.737. The quantitative estimate of drug-likeness (QED) is 0.852. The Morgan fingerprint density at radius 2 is 2.18 bits per heavy atom. The van der Waals surface area contributed by atoms with Crippen molar-refractivity contribution < 1.29 is 17.7 Å². The third-order valence-corrected chi connectivity index (χ3v) is 4.67. The van der Waals surface area contributed by atoms with Crippen molar-refractivity contribution in [3.05, 3.63) is 17.5 Å². The van der Waals surface area contributed by atoms with E-state index in [9.17, 15) is 13.2 Å². The van der Waals surface area contributed by atoms with Crippen LogP contribution in [-0.2, 0) is 21.2 Å². The van der Waals surface area contributed by atoms with E-state index in [0.29, 0.717) is 18.8 Å². The van der Waals surface area contributed by atoms with Crippen LogP contribution in [0.1, 0.15) is 25.3 Å². The molecule has 0 aromatic carbocycles. The fourth-order valence-electron chi connectivity index (χ4n) is 2.87. The van der Waals surface area contributed by atoms with Crippen molar-refractivity contribution in [2.75, 3.05) is 19.3 Å². The van der Waals surface area contributed by atoms with Crippen LogP contribution in [0.15, 0.2) is 10.6 Å². The zero-order valence-electron chi connectivity index (χ0n) is 13.4. The summed E-state index contributed by atoms with van der Waals surface area (Å²) in [7, 11) is -3.30. The molecular weight excluding hydrogens is 306 g/mol. The molecule has 1 aliphatic heterocycles. The molecule has 8 heteroatoms. The third kappa shape index (κ3) is 4.30. The van der Waals surface area contributed by atoms with Gasteiger partial charge >= 0.3 is 0 Å². The van der Waals surface area contributed by atoms with Gasteiger partial charge < -0.3 is 9.42 Å². The van der Waals surface area contributed by atoms with Gasteiger partial charge in [-0.1, -0.05) is 19.0 Å². The highest BCUT2D eigenvalue weighted by Crippen LogP contribution is 2.25. The van der Waals surface area contributed by atoms with Gasteiger partial charge in [-0.15, -0.1) is 0 Å². The Kier molecular flexibility index (Phi) is 4.91. The molecule has 0 spiro atoms. The maximum Gasteiger partial charge on any atom is 0.230 e. The van der Waals surface area contributed by atoms with Crippen LogP contribution in [0, 0.1) is 18.8 Å². The largest absolute Gasteiger partial charge is 0.361 e. The number of amides is 1. The average molecular weight is 329 g/mol. The van der Waals surface area contributed by atoms with Crippen LogP contribution < -0.4 is 4.72 Å². The van der Waals surface area contributed by atoms with Crippen molar-refractivity contribution in [1.29, 1.82) is 0 Å². The van der Waals surface area contributed by atoms with Crippen LogP contribution in [0.25, 0.3) is 0 Å². The topological polar surface area (TPSA) is 92.5 Å². The van der Waals surface area contributed by atoms with E-state index in [4.69, 9.17) is 4.52 Å². The van der Waals surface area contributed by atoms with Crippen LogP contribution in [0.4, 0.5) is 0 Å². The van der Waals surface area contributed by atoms with E-state index in [0.717, 1.165) is 11.9 Å². The van der Waals surface area contributed by atoms with E-state index in [1.807, 2.05) is 13.8 Å². The molecule has 0 saturated carbocycles. The van der Waals surface area contributed by atoms with Gasteiger partial charge in [0.1, 0.15) is 5.76 Å². The number of hydrogen-bond donors (Lipinski definition) is 1. The highest BCUT2D eigenvalue weighted by atomic mass is 32.2. The van der Waals surface area contributed by atoms with Crippen LogP contribution in [-0.4, -0.2) is 49.8 Å². The summed E-state index contributed by atoms with van der Waals surface area (Å²) in [5, 5.41) is 3.77. The minimum absolute atomic E-state index is 0.0698. The van der Waals surface area contributed by atoms with E-state index in [1.165, 1.54) is 0 Å². The van der Waals surface area contributed by atoms with Gasteiger partial charge in [-0.05, 0) is 18.8 Å². The zero-order chi connectivity index (χ0) is 16.5. The van der Waals surface area contributed by atoms with E-state index in [1.54, 1.807) is 17.9 Å². The van der Waals surface area contributed by atoms with E-state index >= 15 is 0 Å². The normalized spacial score (nSPS) is 22.5. The van der Waals surface area contributed by atoms with Crippen molar-refractivity contribution in [1.82, 2.24) is 14.8 Å². The second-order valence-corrected chi connectivity index (χ2v) is 8.09. The van der Waals surface area contributed by atoms with Gasteiger partial charge in [0.05, 0.1) is 18.4 Å². The van der Waals surface area contributed by atoms with Crippen molar-refractivity contribution >= 4 is 15.9 Å². The predicted molar refractivity (Wildman–Crippen MR) is 81.6 cm³/mol. The number of likely N-dealkylation sites (tertiary alicyclic amines) is 1. The molecule has 0 bridgehead atoms. The standard InChI is InChI=1S/C14H23N3O4S/c1-9(2)12-7-17(8-13(12)16-22(4,19)20)14(18)6-11-5-10(3)15-21-11/h5,9,12-13,16H,6-8H2,1-4H3/t12-,13+/m0/s1. The molecule has 2 rings (SSSR count). The van der Waals surface area contributed by atoms with E-state index in [2.05, 4.69) is 9.88 Å². The first kappa shape index (κ1) is 17.0. The maximum absolute atomic E-state index is 12.4. The second kappa shape index (κ2) is 6.37. The Hall–Kier alpha value is -1.41. The summed E-state index contributed by atoms with van der Waals surface area (Å²) in [6.45, 7) is 6.82. The van der Waals surface area contributed by atoms with Crippen LogP contribution >= 0.6 is 0 Å². The number of hydrogen-bond acceptors (Lipinski definition) is 5. The fourth-order valence-corrected chi connectivity index (χ4v) is 3.67. The van der Waals surface area contributed by atoms with Crippen LogP contribution in [0.2, 0.25) is 0 Å². The SMILES string of the molecule is Cc1cc(CC(=O)N2C[C@@H](NS(C)(=O)=O)[C@H](C(C)C)C2)on1. The smallest absolute Gasteiger partial charge is 0.230 e. The van der Waals surface area contributed by atoms with Crippen molar-refractivity contribution in [3.8, 4) is 0 Å². The number of nitrogens with one attached hydrogen (secondary N) is 1. The van der Waals surface area contributed by atoms with Gasteiger partial charge in [0.25, 0.3) is 0 Å². The Morgan fingerprint density at radius 3 is 2.68 bits per heavy atom. The Balaban J connectivity index is 2.04. The fraction of sp³-hybridized carbons (Fsp3) is 0.714. The van der Waals surface area contributed by atoms with Gasteiger partial charge in [0.2, 0.25) is 15.9 Å². The summed E-state index contributed by atoms with van der Waals surface area (Å²) < 4.78 is 30.7. The lowest BCUT2D eigenvalue weighted by atomic mass is 9.92. The number of nitrogens with zero attached hydrogens (tertiary/aromatic N) is 2. The minimum Gasteiger partial charge on any atom is -0.361 e.